The number of benzene rings is 2. The van der Waals surface area contributed by atoms with Crippen LogP contribution in [0.15, 0.2) is 40.9 Å². The topological polar surface area (TPSA) is 35.2 Å². The molecule has 0 spiro atoms. The second-order valence-electron chi connectivity index (χ2n) is 4.03. The minimum atomic E-state index is -0.370. The Bertz CT molecular complexity index is 666. The Hall–Kier alpha value is -1.17. The quantitative estimate of drug-likeness (QED) is 0.803. The Morgan fingerprint density at radius 3 is 2.70 bits per heavy atom. The first-order valence-corrected chi connectivity index (χ1v) is 7.21. The Morgan fingerprint density at radius 2 is 2.05 bits per heavy atom. The van der Waals surface area contributed by atoms with Crippen molar-refractivity contribution >= 4 is 44.7 Å². The molecule has 0 aliphatic carbocycles. The fourth-order valence-electron chi connectivity index (χ4n) is 1.67. The van der Waals surface area contributed by atoms with Crippen molar-refractivity contribution in [1.82, 2.24) is 0 Å². The van der Waals surface area contributed by atoms with Gasteiger partial charge in [0.05, 0.1) is 5.02 Å². The molecule has 0 heterocycles. The lowest BCUT2D eigenvalue weighted by Gasteiger charge is -2.11. The smallest absolute Gasteiger partial charge is 0.138 e. The average Bonchev–Trinajstić information content (AvgIpc) is 2.37. The first-order chi connectivity index (χ1) is 9.47. The van der Waals surface area contributed by atoms with Gasteiger partial charge in [-0.3, -0.25) is 0 Å². The maximum Gasteiger partial charge on any atom is 0.138 e. The van der Waals surface area contributed by atoms with E-state index in [1.807, 2.05) is 0 Å². The predicted molar refractivity (Wildman–Crippen MR) is 85.8 cm³/mol. The van der Waals surface area contributed by atoms with Crippen LogP contribution >= 0.6 is 39.7 Å². The summed E-state index contributed by atoms with van der Waals surface area (Å²) in [6.07, 6.45) is 0. The lowest BCUT2D eigenvalue weighted by atomic mass is 10.1. The van der Waals surface area contributed by atoms with Crippen molar-refractivity contribution in [1.29, 1.82) is 0 Å². The van der Waals surface area contributed by atoms with Crippen molar-refractivity contribution in [2.75, 3.05) is 0 Å². The Morgan fingerprint density at radius 1 is 1.30 bits per heavy atom. The molecule has 2 nitrogen and oxygen atoms in total. The number of ether oxygens (including phenoxy) is 1. The largest absolute Gasteiger partial charge is 0.487 e. The van der Waals surface area contributed by atoms with E-state index < -0.39 is 0 Å². The highest BCUT2D eigenvalue weighted by molar-refractivity contribution is 9.10. The highest BCUT2D eigenvalue weighted by Gasteiger charge is 2.09. The summed E-state index contributed by atoms with van der Waals surface area (Å²) in [5.74, 6) is 0.138. The van der Waals surface area contributed by atoms with Crippen LogP contribution < -0.4 is 10.5 Å². The molecule has 0 fully saturated rings. The standard InChI is InChI=1S/C14H10BrClFNOS/c15-9-1-4-13(12(16)6-9)19-7-8-5-10(17)2-3-11(8)14(18)20/h1-6H,7H2,(H2,18,20). The number of nitrogens with two attached hydrogens (primary N) is 1. The van der Waals surface area contributed by atoms with E-state index in [1.165, 1.54) is 12.1 Å². The van der Waals surface area contributed by atoms with Gasteiger partial charge in [-0.1, -0.05) is 39.7 Å². The molecule has 0 atom stereocenters. The van der Waals surface area contributed by atoms with Crippen molar-refractivity contribution in [2.24, 2.45) is 5.73 Å². The molecule has 0 aromatic heterocycles. The van der Waals surface area contributed by atoms with E-state index >= 15 is 0 Å². The van der Waals surface area contributed by atoms with Gasteiger partial charge in [0.25, 0.3) is 0 Å². The summed E-state index contributed by atoms with van der Waals surface area (Å²) >= 11 is 14.3. The van der Waals surface area contributed by atoms with Crippen LogP contribution in [0.1, 0.15) is 11.1 Å². The molecule has 0 saturated heterocycles. The van der Waals surface area contributed by atoms with Gasteiger partial charge >= 0.3 is 0 Å². The second kappa shape index (κ2) is 6.52. The minimum absolute atomic E-state index is 0.131. The molecule has 0 saturated carbocycles. The molecule has 2 N–H and O–H groups in total. The summed E-state index contributed by atoms with van der Waals surface area (Å²) in [4.78, 5) is 0.200. The third kappa shape index (κ3) is 3.69. The molecule has 2 aromatic carbocycles. The summed E-state index contributed by atoms with van der Waals surface area (Å²) in [6.45, 7) is 0.131. The lowest BCUT2D eigenvalue weighted by molar-refractivity contribution is 0.305. The van der Waals surface area contributed by atoms with Gasteiger partial charge in [0.1, 0.15) is 23.2 Å². The van der Waals surface area contributed by atoms with Gasteiger partial charge in [-0.15, -0.1) is 0 Å². The van der Waals surface area contributed by atoms with Crippen LogP contribution in [-0.2, 0) is 6.61 Å². The molecule has 0 aliphatic heterocycles. The third-order valence-electron chi connectivity index (χ3n) is 2.61. The van der Waals surface area contributed by atoms with Gasteiger partial charge in [0.15, 0.2) is 0 Å². The molecule has 2 aromatic rings. The van der Waals surface area contributed by atoms with Crippen molar-refractivity contribution in [2.45, 2.75) is 6.61 Å². The minimum Gasteiger partial charge on any atom is -0.487 e. The van der Waals surface area contributed by atoms with Gasteiger partial charge < -0.3 is 10.5 Å². The molecule has 0 radical (unpaired) electrons. The van der Waals surface area contributed by atoms with Gasteiger partial charge in [-0.05, 0) is 36.4 Å². The number of hydrogen-bond acceptors (Lipinski definition) is 2. The molecule has 0 amide bonds. The van der Waals surface area contributed by atoms with Crippen molar-refractivity contribution in [3.63, 3.8) is 0 Å². The maximum absolute atomic E-state index is 13.3. The van der Waals surface area contributed by atoms with Crippen LogP contribution in [0, 0.1) is 5.82 Å². The van der Waals surface area contributed by atoms with E-state index in [2.05, 4.69) is 15.9 Å². The normalized spacial score (nSPS) is 10.3. The lowest BCUT2D eigenvalue weighted by Crippen LogP contribution is -2.13. The first-order valence-electron chi connectivity index (χ1n) is 5.63. The molecule has 104 valence electrons. The van der Waals surface area contributed by atoms with E-state index in [-0.39, 0.29) is 17.4 Å². The second-order valence-corrected chi connectivity index (χ2v) is 5.79. The summed E-state index contributed by atoms with van der Waals surface area (Å²) in [5.41, 5.74) is 6.78. The van der Waals surface area contributed by atoms with Crippen molar-refractivity contribution < 1.29 is 9.13 Å². The van der Waals surface area contributed by atoms with E-state index in [9.17, 15) is 4.39 Å². The van der Waals surface area contributed by atoms with E-state index in [0.717, 1.165) is 4.47 Å². The molecule has 0 bridgehead atoms. The molecule has 0 unspecified atom stereocenters. The van der Waals surface area contributed by atoms with E-state index in [4.69, 9.17) is 34.3 Å². The van der Waals surface area contributed by atoms with E-state index in [1.54, 1.807) is 24.3 Å². The molecule has 6 heteroatoms. The van der Waals surface area contributed by atoms with Gasteiger partial charge in [-0.2, -0.15) is 0 Å². The Balaban J connectivity index is 2.22. The Kier molecular flexibility index (Phi) is 4.96. The first kappa shape index (κ1) is 15.2. The van der Waals surface area contributed by atoms with Crippen LogP contribution in [0.4, 0.5) is 4.39 Å². The molecular formula is C14H10BrClFNOS. The number of thiocarbonyl (C=S) groups is 1. The van der Waals surface area contributed by atoms with Gasteiger partial charge in [0.2, 0.25) is 0 Å². The van der Waals surface area contributed by atoms with Gasteiger partial charge in [-0.25, -0.2) is 4.39 Å². The molecule has 2 rings (SSSR count). The fraction of sp³-hybridized carbons (Fsp3) is 0.0714. The van der Waals surface area contributed by atoms with Gasteiger partial charge in [0, 0.05) is 15.6 Å². The van der Waals surface area contributed by atoms with Crippen molar-refractivity contribution in [3.8, 4) is 5.75 Å². The third-order valence-corrected chi connectivity index (χ3v) is 3.62. The zero-order valence-corrected chi connectivity index (χ0v) is 13.4. The average molecular weight is 375 g/mol. The summed E-state index contributed by atoms with van der Waals surface area (Å²) in [6, 6.07) is 9.45. The highest BCUT2D eigenvalue weighted by atomic mass is 79.9. The molecule has 20 heavy (non-hydrogen) atoms. The fourth-order valence-corrected chi connectivity index (χ4v) is 2.60. The highest BCUT2D eigenvalue weighted by Crippen LogP contribution is 2.28. The SMILES string of the molecule is NC(=S)c1ccc(F)cc1COc1ccc(Br)cc1Cl. The zero-order chi connectivity index (χ0) is 14.7. The monoisotopic (exact) mass is 373 g/mol. The molecule has 0 aliphatic rings. The van der Waals surface area contributed by atoms with Crippen LogP contribution in [0.2, 0.25) is 5.02 Å². The van der Waals surface area contributed by atoms with Crippen LogP contribution in [-0.4, -0.2) is 4.99 Å². The summed E-state index contributed by atoms with van der Waals surface area (Å²) in [5, 5.41) is 0.465. The van der Waals surface area contributed by atoms with Crippen molar-refractivity contribution in [3.05, 3.63) is 62.8 Å². The van der Waals surface area contributed by atoms with Crippen LogP contribution in [0.25, 0.3) is 0 Å². The van der Waals surface area contributed by atoms with E-state index in [0.29, 0.717) is 21.9 Å². The van der Waals surface area contributed by atoms with Crippen LogP contribution in [0.3, 0.4) is 0 Å². The number of rotatable bonds is 4. The summed E-state index contributed by atoms with van der Waals surface area (Å²) in [7, 11) is 0. The Labute approximate surface area is 134 Å². The maximum atomic E-state index is 13.3. The summed E-state index contributed by atoms with van der Waals surface area (Å²) < 4.78 is 19.7. The molecular weight excluding hydrogens is 365 g/mol. The number of halogens is 3. The van der Waals surface area contributed by atoms with Crippen LogP contribution in [0.5, 0.6) is 5.75 Å². The zero-order valence-electron chi connectivity index (χ0n) is 10.2. The number of hydrogen-bond donors (Lipinski definition) is 1. The predicted octanol–water partition coefficient (Wildman–Crippen LogP) is 4.45.